The maximum atomic E-state index is 12.5. The standard InChI is InChI=1S/C16H16N2O3/c1-18-12(4-5-17-18)7-11-6-10-8-14(20-2)15(21-3)9-13(10)16(11)19/h4-5,7-9H,6H2,1-3H3/b11-7-. The summed E-state index contributed by atoms with van der Waals surface area (Å²) in [6, 6.07) is 5.50. The van der Waals surface area contributed by atoms with Crippen molar-refractivity contribution in [3.8, 4) is 11.5 Å². The lowest BCUT2D eigenvalue weighted by Crippen LogP contribution is -1.99. The van der Waals surface area contributed by atoms with E-state index in [4.69, 9.17) is 9.47 Å². The van der Waals surface area contributed by atoms with Crippen LogP contribution in [-0.4, -0.2) is 29.8 Å². The summed E-state index contributed by atoms with van der Waals surface area (Å²) in [5, 5.41) is 4.11. The summed E-state index contributed by atoms with van der Waals surface area (Å²) in [7, 11) is 5.01. The monoisotopic (exact) mass is 284 g/mol. The molecule has 3 rings (SSSR count). The molecule has 1 aliphatic carbocycles. The Balaban J connectivity index is 2.03. The van der Waals surface area contributed by atoms with Crippen molar-refractivity contribution in [2.24, 2.45) is 7.05 Å². The molecule has 1 aromatic carbocycles. The van der Waals surface area contributed by atoms with Crippen LogP contribution < -0.4 is 9.47 Å². The molecule has 1 heterocycles. The van der Waals surface area contributed by atoms with Crippen molar-refractivity contribution in [3.63, 3.8) is 0 Å². The first kappa shape index (κ1) is 13.4. The number of hydrogen-bond donors (Lipinski definition) is 0. The number of benzene rings is 1. The topological polar surface area (TPSA) is 53.4 Å². The highest BCUT2D eigenvalue weighted by Gasteiger charge is 2.27. The highest BCUT2D eigenvalue weighted by molar-refractivity contribution is 6.15. The number of ketones is 1. The van der Waals surface area contributed by atoms with Gasteiger partial charge in [0, 0.05) is 30.8 Å². The molecule has 0 saturated carbocycles. The van der Waals surface area contributed by atoms with Gasteiger partial charge in [0.2, 0.25) is 0 Å². The van der Waals surface area contributed by atoms with Crippen LogP contribution in [0.4, 0.5) is 0 Å². The molecule has 0 fully saturated rings. The SMILES string of the molecule is COc1cc2c(cc1OC)C(=O)/C(=C\c1ccnn1C)C2. The summed E-state index contributed by atoms with van der Waals surface area (Å²) in [6.45, 7) is 0. The fourth-order valence-electron chi connectivity index (χ4n) is 2.56. The van der Waals surface area contributed by atoms with E-state index >= 15 is 0 Å². The molecule has 0 amide bonds. The van der Waals surface area contributed by atoms with Gasteiger partial charge in [-0.3, -0.25) is 9.48 Å². The van der Waals surface area contributed by atoms with E-state index in [9.17, 15) is 4.79 Å². The first-order valence-electron chi connectivity index (χ1n) is 6.62. The zero-order valence-electron chi connectivity index (χ0n) is 12.2. The van der Waals surface area contributed by atoms with Gasteiger partial charge >= 0.3 is 0 Å². The Morgan fingerprint density at radius 3 is 2.57 bits per heavy atom. The molecule has 0 unspecified atom stereocenters. The molecule has 1 aliphatic rings. The van der Waals surface area contributed by atoms with Gasteiger partial charge in [0.05, 0.1) is 19.9 Å². The zero-order chi connectivity index (χ0) is 15.0. The number of hydrogen-bond acceptors (Lipinski definition) is 4. The number of aromatic nitrogens is 2. The van der Waals surface area contributed by atoms with Crippen LogP contribution in [0.1, 0.15) is 21.6 Å². The molecule has 0 radical (unpaired) electrons. The van der Waals surface area contributed by atoms with Crippen LogP contribution in [0.3, 0.4) is 0 Å². The molecular formula is C16H16N2O3. The third kappa shape index (κ3) is 2.20. The van der Waals surface area contributed by atoms with Gasteiger partial charge in [0.1, 0.15) is 0 Å². The summed E-state index contributed by atoms with van der Waals surface area (Å²) in [4.78, 5) is 12.5. The van der Waals surface area contributed by atoms with Gasteiger partial charge in [0.15, 0.2) is 17.3 Å². The molecule has 0 spiro atoms. The largest absolute Gasteiger partial charge is 0.493 e. The lowest BCUT2D eigenvalue weighted by atomic mass is 10.1. The molecule has 0 aliphatic heterocycles. The fraction of sp³-hybridized carbons (Fsp3) is 0.250. The Morgan fingerprint density at radius 1 is 1.24 bits per heavy atom. The van der Waals surface area contributed by atoms with Crippen LogP contribution in [0.2, 0.25) is 0 Å². The number of fused-ring (bicyclic) bond motifs is 1. The van der Waals surface area contributed by atoms with Crippen LogP contribution in [0.25, 0.3) is 6.08 Å². The summed E-state index contributed by atoms with van der Waals surface area (Å²) >= 11 is 0. The molecule has 0 atom stereocenters. The molecule has 0 saturated heterocycles. The number of rotatable bonds is 3. The van der Waals surface area contributed by atoms with Crippen molar-refractivity contribution in [1.29, 1.82) is 0 Å². The van der Waals surface area contributed by atoms with E-state index in [1.165, 1.54) is 0 Å². The number of carbonyl (C=O) groups is 1. The average Bonchev–Trinajstić information content (AvgIpc) is 3.03. The van der Waals surface area contributed by atoms with Gasteiger partial charge < -0.3 is 9.47 Å². The minimum Gasteiger partial charge on any atom is -0.493 e. The van der Waals surface area contributed by atoms with Crippen molar-refractivity contribution in [3.05, 3.63) is 46.8 Å². The maximum Gasteiger partial charge on any atom is 0.189 e. The summed E-state index contributed by atoms with van der Waals surface area (Å²) < 4.78 is 12.3. The highest BCUT2D eigenvalue weighted by atomic mass is 16.5. The third-order valence-corrected chi connectivity index (χ3v) is 3.71. The fourth-order valence-corrected chi connectivity index (χ4v) is 2.56. The van der Waals surface area contributed by atoms with Crippen LogP contribution in [0, 0.1) is 0 Å². The molecule has 0 bridgehead atoms. The number of nitrogens with zero attached hydrogens (tertiary/aromatic N) is 2. The van der Waals surface area contributed by atoms with Gasteiger partial charge in [-0.1, -0.05) is 0 Å². The van der Waals surface area contributed by atoms with E-state index in [1.807, 2.05) is 25.3 Å². The minimum absolute atomic E-state index is 0.0344. The number of allylic oxidation sites excluding steroid dienone is 1. The second-order valence-corrected chi connectivity index (χ2v) is 4.92. The number of carbonyl (C=O) groups excluding carboxylic acids is 1. The molecule has 1 aromatic heterocycles. The van der Waals surface area contributed by atoms with Crippen molar-refractivity contribution in [2.45, 2.75) is 6.42 Å². The molecule has 5 nitrogen and oxygen atoms in total. The second kappa shape index (κ2) is 5.09. The Morgan fingerprint density at radius 2 is 1.95 bits per heavy atom. The molecule has 108 valence electrons. The molecular weight excluding hydrogens is 268 g/mol. The maximum absolute atomic E-state index is 12.5. The zero-order valence-corrected chi connectivity index (χ0v) is 12.2. The van der Waals surface area contributed by atoms with Crippen LogP contribution >= 0.6 is 0 Å². The number of ether oxygens (including phenoxy) is 2. The first-order chi connectivity index (χ1) is 10.1. The Labute approximate surface area is 122 Å². The lowest BCUT2D eigenvalue weighted by Gasteiger charge is -2.08. The Kier molecular flexibility index (Phi) is 3.25. The summed E-state index contributed by atoms with van der Waals surface area (Å²) in [5.41, 5.74) is 3.31. The van der Waals surface area contributed by atoms with Crippen LogP contribution in [0.15, 0.2) is 30.0 Å². The van der Waals surface area contributed by atoms with E-state index in [2.05, 4.69) is 5.10 Å². The van der Waals surface area contributed by atoms with E-state index in [-0.39, 0.29) is 5.78 Å². The normalized spacial score (nSPS) is 15.4. The number of methoxy groups -OCH3 is 2. The average molecular weight is 284 g/mol. The first-order valence-corrected chi connectivity index (χ1v) is 6.62. The van der Waals surface area contributed by atoms with Crippen molar-refractivity contribution < 1.29 is 14.3 Å². The summed E-state index contributed by atoms with van der Waals surface area (Å²) in [5.74, 6) is 1.25. The van der Waals surface area contributed by atoms with Crippen molar-refractivity contribution in [1.82, 2.24) is 9.78 Å². The van der Waals surface area contributed by atoms with E-state index in [0.29, 0.717) is 23.5 Å². The molecule has 5 heteroatoms. The highest BCUT2D eigenvalue weighted by Crippen LogP contribution is 2.36. The Bertz CT molecular complexity index is 744. The van der Waals surface area contributed by atoms with Gasteiger partial charge in [-0.05, 0) is 29.8 Å². The smallest absolute Gasteiger partial charge is 0.189 e. The Hall–Kier alpha value is -2.56. The minimum atomic E-state index is 0.0344. The van der Waals surface area contributed by atoms with E-state index in [0.717, 1.165) is 16.8 Å². The van der Waals surface area contributed by atoms with Gasteiger partial charge in [-0.2, -0.15) is 5.10 Å². The summed E-state index contributed by atoms with van der Waals surface area (Å²) in [6.07, 6.45) is 4.19. The third-order valence-electron chi connectivity index (χ3n) is 3.71. The molecule has 2 aromatic rings. The van der Waals surface area contributed by atoms with Crippen LogP contribution in [-0.2, 0) is 13.5 Å². The number of aryl methyl sites for hydroxylation is 1. The van der Waals surface area contributed by atoms with Crippen molar-refractivity contribution in [2.75, 3.05) is 14.2 Å². The van der Waals surface area contributed by atoms with Gasteiger partial charge in [-0.25, -0.2) is 0 Å². The second-order valence-electron chi connectivity index (χ2n) is 4.92. The molecule has 21 heavy (non-hydrogen) atoms. The number of Topliss-reactive ketones (excluding diaryl/α,β-unsaturated/α-hetero) is 1. The predicted molar refractivity (Wildman–Crippen MR) is 78.8 cm³/mol. The predicted octanol–water partition coefficient (Wildman–Crippen LogP) is 2.26. The molecule has 0 N–H and O–H groups in total. The van der Waals surface area contributed by atoms with Crippen LogP contribution in [0.5, 0.6) is 11.5 Å². The van der Waals surface area contributed by atoms with Gasteiger partial charge in [-0.15, -0.1) is 0 Å². The van der Waals surface area contributed by atoms with Crippen molar-refractivity contribution >= 4 is 11.9 Å². The van der Waals surface area contributed by atoms with E-state index < -0.39 is 0 Å². The lowest BCUT2D eigenvalue weighted by molar-refractivity contribution is 0.104. The quantitative estimate of drug-likeness (QED) is 0.811. The van der Waals surface area contributed by atoms with E-state index in [1.54, 1.807) is 31.2 Å². The van der Waals surface area contributed by atoms with Gasteiger partial charge in [0.25, 0.3) is 0 Å².